The largest absolute Gasteiger partial charge is 0.472 e. The molecule has 37 heavy (non-hydrogen) atoms. The fourth-order valence-corrected chi connectivity index (χ4v) is 5.15. The lowest BCUT2D eigenvalue weighted by molar-refractivity contribution is 0.0115. The molecular weight excluding hydrogens is 474 g/mol. The standard InChI is InChI=1S/C28H22F2N6O/c29-28(30)5-7-36(16-28)14-17-9-20(13-31-12-17)18-1-2-24-23(10-18)26(35-34-24)25-11-22-21(19-4-8-37-15-19)3-6-32-27(22)33-25/h1-4,6,8-13,15H,5,7,14,16H2,(H,32,33)(H,34,35). The molecule has 2 N–H and O–H groups in total. The van der Waals surface area contributed by atoms with E-state index >= 15 is 0 Å². The Morgan fingerprint density at radius 2 is 1.95 bits per heavy atom. The molecule has 9 heteroatoms. The van der Waals surface area contributed by atoms with E-state index in [1.165, 1.54) is 0 Å². The summed E-state index contributed by atoms with van der Waals surface area (Å²) in [4.78, 5) is 14.1. The average Bonchev–Trinajstić information content (AvgIpc) is 3.69. The lowest BCUT2D eigenvalue weighted by atomic mass is 10.0. The topological polar surface area (TPSA) is 86.6 Å². The highest BCUT2D eigenvalue weighted by Gasteiger charge is 2.37. The Hall–Kier alpha value is -4.37. The van der Waals surface area contributed by atoms with Crippen molar-refractivity contribution in [2.75, 3.05) is 13.1 Å². The lowest BCUT2D eigenvalue weighted by Gasteiger charge is -2.15. The minimum atomic E-state index is -2.61. The number of fused-ring (bicyclic) bond motifs is 2. The molecule has 0 bridgehead atoms. The van der Waals surface area contributed by atoms with E-state index in [-0.39, 0.29) is 13.0 Å². The zero-order valence-corrected chi connectivity index (χ0v) is 19.7. The zero-order valence-electron chi connectivity index (χ0n) is 19.7. The van der Waals surface area contributed by atoms with Crippen LogP contribution in [0.25, 0.3) is 55.6 Å². The normalized spacial score (nSPS) is 15.7. The third-order valence-electron chi connectivity index (χ3n) is 6.97. The van der Waals surface area contributed by atoms with Crippen molar-refractivity contribution in [3.05, 3.63) is 79.1 Å². The summed E-state index contributed by atoms with van der Waals surface area (Å²) in [6.07, 6.45) is 8.60. The number of rotatable bonds is 5. The molecule has 0 aliphatic carbocycles. The summed E-state index contributed by atoms with van der Waals surface area (Å²) in [5.74, 6) is -2.61. The average molecular weight is 497 g/mol. The van der Waals surface area contributed by atoms with Gasteiger partial charge in [-0.1, -0.05) is 6.07 Å². The van der Waals surface area contributed by atoms with Gasteiger partial charge in [-0.2, -0.15) is 5.10 Å². The molecule has 6 aromatic rings. The van der Waals surface area contributed by atoms with Crippen LogP contribution in [0.3, 0.4) is 0 Å². The van der Waals surface area contributed by atoms with Gasteiger partial charge in [-0.3, -0.25) is 15.0 Å². The second kappa shape index (κ2) is 8.35. The highest BCUT2D eigenvalue weighted by molar-refractivity contribution is 6.00. The smallest absolute Gasteiger partial charge is 0.261 e. The SMILES string of the molecule is FC1(F)CCN(Cc2cncc(-c3ccc4[nH]nc(-c5cc6c(-c7ccoc7)ccnc6[nH]5)c4c3)c2)C1. The van der Waals surface area contributed by atoms with Gasteiger partial charge in [0, 0.05) is 60.0 Å². The predicted molar refractivity (Wildman–Crippen MR) is 137 cm³/mol. The molecular formula is C28H22F2N6O. The lowest BCUT2D eigenvalue weighted by Crippen LogP contribution is -2.24. The van der Waals surface area contributed by atoms with E-state index in [4.69, 9.17) is 4.42 Å². The van der Waals surface area contributed by atoms with E-state index in [0.29, 0.717) is 13.1 Å². The maximum Gasteiger partial charge on any atom is 0.261 e. The van der Waals surface area contributed by atoms with Crippen LogP contribution in [0.1, 0.15) is 12.0 Å². The van der Waals surface area contributed by atoms with Crippen molar-refractivity contribution in [1.82, 2.24) is 30.0 Å². The van der Waals surface area contributed by atoms with E-state index < -0.39 is 5.92 Å². The number of furan rings is 1. The van der Waals surface area contributed by atoms with Gasteiger partial charge >= 0.3 is 0 Å². The van der Waals surface area contributed by atoms with Crippen LogP contribution in [0.15, 0.2) is 78.0 Å². The van der Waals surface area contributed by atoms with Crippen molar-refractivity contribution < 1.29 is 13.2 Å². The monoisotopic (exact) mass is 496 g/mol. The molecule has 6 heterocycles. The molecule has 5 aromatic heterocycles. The van der Waals surface area contributed by atoms with Gasteiger partial charge in [-0.15, -0.1) is 0 Å². The van der Waals surface area contributed by atoms with Crippen LogP contribution in [0.5, 0.6) is 0 Å². The minimum Gasteiger partial charge on any atom is -0.472 e. The number of nitrogens with zero attached hydrogens (tertiary/aromatic N) is 4. The van der Waals surface area contributed by atoms with Gasteiger partial charge < -0.3 is 9.40 Å². The Bertz CT molecular complexity index is 1740. The molecule has 0 unspecified atom stereocenters. The minimum absolute atomic E-state index is 0.0904. The van der Waals surface area contributed by atoms with Gasteiger partial charge in [-0.05, 0) is 53.1 Å². The van der Waals surface area contributed by atoms with Crippen molar-refractivity contribution in [2.45, 2.75) is 18.9 Å². The Kier molecular flexibility index (Phi) is 4.93. The molecule has 0 amide bonds. The molecule has 1 aliphatic rings. The molecule has 1 fully saturated rings. The van der Waals surface area contributed by atoms with Crippen molar-refractivity contribution in [2.24, 2.45) is 0 Å². The zero-order chi connectivity index (χ0) is 25.0. The summed E-state index contributed by atoms with van der Waals surface area (Å²) in [5.41, 5.74) is 8.14. The molecule has 0 atom stereocenters. The van der Waals surface area contributed by atoms with Crippen LogP contribution in [-0.4, -0.2) is 49.1 Å². The van der Waals surface area contributed by atoms with Crippen molar-refractivity contribution in [3.63, 3.8) is 0 Å². The molecule has 1 aromatic carbocycles. The number of H-pyrrole nitrogens is 2. The van der Waals surface area contributed by atoms with Crippen molar-refractivity contribution >= 4 is 21.9 Å². The molecule has 0 saturated carbocycles. The highest BCUT2D eigenvalue weighted by atomic mass is 19.3. The predicted octanol–water partition coefficient (Wildman–Crippen LogP) is 6.27. The summed E-state index contributed by atoms with van der Waals surface area (Å²) < 4.78 is 32.5. The molecule has 7 nitrogen and oxygen atoms in total. The second-order valence-corrected chi connectivity index (χ2v) is 9.55. The second-order valence-electron chi connectivity index (χ2n) is 9.55. The van der Waals surface area contributed by atoms with Crippen LogP contribution in [0.2, 0.25) is 0 Å². The number of hydrogen-bond donors (Lipinski definition) is 2. The van der Waals surface area contributed by atoms with Crippen LogP contribution in [0, 0.1) is 0 Å². The third-order valence-corrected chi connectivity index (χ3v) is 6.97. The number of nitrogens with one attached hydrogen (secondary N) is 2. The Labute approximate surface area is 210 Å². The fraction of sp³-hybridized carbons (Fsp3) is 0.179. The van der Waals surface area contributed by atoms with Gasteiger partial charge in [-0.25, -0.2) is 13.8 Å². The van der Waals surface area contributed by atoms with Crippen LogP contribution in [0.4, 0.5) is 8.78 Å². The maximum atomic E-state index is 13.6. The summed E-state index contributed by atoms with van der Waals surface area (Å²) in [5, 5.41) is 9.65. The summed E-state index contributed by atoms with van der Waals surface area (Å²) >= 11 is 0. The van der Waals surface area contributed by atoms with E-state index in [1.807, 2.05) is 30.3 Å². The number of benzene rings is 1. The number of halogens is 2. The van der Waals surface area contributed by atoms with E-state index in [2.05, 4.69) is 37.3 Å². The number of likely N-dealkylation sites (tertiary alicyclic amines) is 1. The third kappa shape index (κ3) is 3.97. The number of hydrogen-bond acceptors (Lipinski definition) is 5. The molecule has 1 aliphatic heterocycles. The number of aromatic amines is 2. The number of alkyl halides is 2. The quantitative estimate of drug-likeness (QED) is 0.294. The molecule has 0 spiro atoms. The summed E-state index contributed by atoms with van der Waals surface area (Å²) in [6.45, 7) is 0.642. The van der Waals surface area contributed by atoms with Gasteiger partial charge in [0.15, 0.2) is 0 Å². The van der Waals surface area contributed by atoms with Gasteiger partial charge in [0.1, 0.15) is 11.3 Å². The highest BCUT2D eigenvalue weighted by Crippen LogP contribution is 2.35. The van der Waals surface area contributed by atoms with Crippen LogP contribution < -0.4 is 0 Å². The van der Waals surface area contributed by atoms with Gasteiger partial charge in [0.2, 0.25) is 0 Å². The first kappa shape index (κ1) is 21.9. The Morgan fingerprint density at radius 3 is 2.78 bits per heavy atom. The van der Waals surface area contributed by atoms with E-state index in [1.54, 1.807) is 36.0 Å². The molecule has 184 valence electrons. The van der Waals surface area contributed by atoms with Crippen molar-refractivity contribution in [1.29, 1.82) is 0 Å². The number of aromatic nitrogens is 5. The summed E-state index contributed by atoms with van der Waals surface area (Å²) in [7, 11) is 0. The van der Waals surface area contributed by atoms with E-state index in [0.717, 1.165) is 61.1 Å². The summed E-state index contributed by atoms with van der Waals surface area (Å²) in [6, 6.07) is 14.1. The first-order valence-electron chi connectivity index (χ1n) is 12.1. The first-order valence-corrected chi connectivity index (χ1v) is 12.1. The molecule has 7 rings (SSSR count). The van der Waals surface area contributed by atoms with Gasteiger partial charge in [0.05, 0.1) is 30.3 Å². The fourth-order valence-electron chi connectivity index (χ4n) is 5.15. The number of pyridine rings is 2. The first-order chi connectivity index (χ1) is 18.0. The Morgan fingerprint density at radius 1 is 1.00 bits per heavy atom. The maximum absolute atomic E-state index is 13.6. The van der Waals surface area contributed by atoms with E-state index in [9.17, 15) is 8.78 Å². The Balaban J connectivity index is 1.24. The molecule has 0 radical (unpaired) electrons. The molecule has 1 saturated heterocycles. The van der Waals surface area contributed by atoms with Crippen LogP contribution >= 0.6 is 0 Å². The van der Waals surface area contributed by atoms with Crippen molar-refractivity contribution in [3.8, 4) is 33.6 Å². The van der Waals surface area contributed by atoms with Crippen LogP contribution in [-0.2, 0) is 6.54 Å². The van der Waals surface area contributed by atoms with Gasteiger partial charge in [0.25, 0.3) is 5.92 Å².